The number of aryl methyl sites for hydroxylation is 1. The summed E-state index contributed by atoms with van der Waals surface area (Å²) in [6.45, 7) is 2.45. The van der Waals surface area contributed by atoms with Crippen molar-refractivity contribution in [3.63, 3.8) is 0 Å². The van der Waals surface area contributed by atoms with E-state index in [1.807, 2.05) is 0 Å². The number of carbonyl (C=O) groups excluding carboxylic acids is 1. The van der Waals surface area contributed by atoms with Crippen LogP contribution >= 0.6 is 11.3 Å². The first-order valence-corrected chi connectivity index (χ1v) is 11.1. The summed E-state index contributed by atoms with van der Waals surface area (Å²) < 4.78 is 10.6. The average Bonchev–Trinajstić information content (AvgIpc) is 3.35. The SMILES string of the molecule is CCCCCCCCCCCc1nnc(NC(=O)c2ccc3c(c2)OCO3)s1. The number of nitrogens with zero attached hydrogens (tertiary/aromatic N) is 2. The predicted octanol–water partition coefficient (Wildman–Crippen LogP) is 5.59. The Morgan fingerprint density at radius 2 is 1.71 bits per heavy atom. The minimum Gasteiger partial charge on any atom is -0.454 e. The van der Waals surface area contributed by atoms with E-state index in [-0.39, 0.29) is 12.7 Å². The lowest BCUT2D eigenvalue weighted by atomic mass is 10.1. The van der Waals surface area contributed by atoms with E-state index in [9.17, 15) is 4.79 Å². The van der Waals surface area contributed by atoms with E-state index in [2.05, 4.69) is 22.4 Å². The van der Waals surface area contributed by atoms with E-state index in [4.69, 9.17) is 9.47 Å². The number of rotatable bonds is 12. The van der Waals surface area contributed by atoms with Gasteiger partial charge in [0.15, 0.2) is 11.5 Å². The standard InChI is InChI=1S/C21H29N3O3S/c1-2-3-4-5-6-7-8-9-10-11-19-23-24-21(28-19)22-20(25)16-12-13-17-18(14-16)27-15-26-17/h12-14H,2-11,15H2,1H3,(H,22,24,25). The molecule has 3 rings (SSSR count). The molecule has 28 heavy (non-hydrogen) atoms. The Hall–Kier alpha value is -2.15. The third kappa shape index (κ3) is 6.19. The fraction of sp³-hybridized carbons (Fsp3) is 0.571. The number of aromatic nitrogens is 2. The van der Waals surface area contributed by atoms with Crippen LogP contribution in [0.5, 0.6) is 11.5 Å². The first-order valence-electron chi connectivity index (χ1n) is 10.3. The molecule has 1 aliphatic heterocycles. The molecular formula is C21H29N3O3S. The molecule has 0 spiro atoms. The highest BCUT2D eigenvalue weighted by molar-refractivity contribution is 7.15. The second-order valence-electron chi connectivity index (χ2n) is 7.10. The minimum absolute atomic E-state index is 0.193. The van der Waals surface area contributed by atoms with Crippen LogP contribution in [-0.4, -0.2) is 22.9 Å². The number of ether oxygens (including phenoxy) is 2. The Morgan fingerprint density at radius 3 is 2.50 bits per heavy atom. The summed E-state index contributed by atoms with van der Waals surface area (Å²) in [5, 5.41) is 12.6. The maximum Gasteiger partial charge on any atom is 0.257 e. The van der Waals surface area contributed by atoms with Crippen LogP contribution in [0.15, 0.2) is 18.2 Å². The Bertz CT molecular complexity index is 763. The summed E-state index contributed by atoms with van der Waals surface area (Å²) in [4.78, 5) is 12.4. The lowest BCUT2D eigenvalue weighted by Crippen LogP contribution is -2.11. The van der Waals surface area contributed by atoms with Crippen molar-refractivity contribution >= 4 is 22.4 Å². The zero-order valence-corrected chi connectivity index (χ0v) is 17.4. The van der Waals surface area contributed by atoms with Gasteiger partial charge >= 0.3 is 0 Å². The zero-order chi connectivity index (χ0) is 19.6. The average molecular weight is 404 g/mol. The van der Waals surface area contributed by atoms with E-state index in [0.717, 1.165) is 17.8 Å². The number of unbranched alkanes of at least 4 members (excludes halogenated alkanes) is 8. The number of benzene rings is 1. The van der Waals surface area contributed by atoms with E-state index >= 15 is 0 Å². The Morgan fingerprint density at radius 1 is 1.00 bits per heavy atom. The summed E-state index contributed by atoms with van der Waals surface area (Å²) in [5.41, 5.74) is 0.514. The summed E-state index contributed by atoms with van der Waals surface area (Å²) in [5.74, 6) is 1.04. The number of anilines is 1. The van der Waals surface area contributed by atoms with E-state index in [1.165, 1.54) is 62.7 Å². The Kier molecular flexibility index (Phi) is 8.08. The van der Waals surface area contributed by atoms with Crippen molar-refractivity contribution < 1.29 is 14.3 Å². The molecule has 1 aromatic heterocycles. The molecule has 1 aliphatic rings. The molecule has 1 amide bonds. The predicted molar refractivity (Wildman–Crippen MR) is 111 cm³/mol. The van der Waals surface area contributed by atoms with Crippen LogP contribution in [0.25, 0.3) is 0 Å². The topological polar surface area (TPSA) is 73.3 Å². The van der Waals surface area contributed by atoms with Gasteiger partial charge in [-0.25, -0.2) is 0 Å². The normalized spacial score (nSPS) is 12.3. The van der Waals surface area contributed by atoms with Crippen molar-refractivity contribution in [3.05, 3.63) is 28.8 Å². The third-order valence-electron chi connectivity index (χ3n) is 4.82. The molecule has 0 saturated carbocycles. The van der Waals surface area contributed by atoms with Crippen molar-refractivity contribution in [1.29, 1.82) is 0 Å². The number of carbonyl (C=O) groups is 1. The number of amides is 1. The third-order valence-corrected chi connectivity index (χ3v) is 5.71. The van der Waals surface area contributed by atoms with Crippen molar-refractivity contribution in [3.8, 4) is 11.5 Å². The van der Waals surface area contributed by atoms with Crippen molar-refractivity contribution in [2.45, 2.75) is 71.1 Å². The van der Waals surface area contributed by atoms with Gasteiger partial charge in [0.25, 0.3) is 5.91 Å². The first-order chi connectivity index (χ1) is 13.8. The number of fused-ring (bicyclic) bond motifs is 1. The molecule has 152 valence electrons. The van der Waals surface area contributed by atoms with Crippen LogP contribution in [0.2, 0.25) is 0 Å². The molecule has 2 heterocycles. The highest BCUT2D eigenvalue weighted by Gasteiger charge is 2.17. The van der Waals surface area contributed by atoms with Crippen LogP contribution in [0.4, 0.5) is 5.13 Å². The molecule has 1 N–H and O–H groups in total. The van der Waals surface area contributed by atoms with Crippen LogP contribution < -0.4 is 14.8 Å². The number of hydrogen-bond acceptors (Lipinski definition) is 6. The van der Waals surface area contributed by atoms with Crippen molar-refractivity contribution in [1.82, 2.24) is 10.2 Å². The molecular weight excluding hydrogens is 374 g/mol. The smallest absolute Gasteiger partial charge is 0.257 e. The van der Waals surface area contributed by atoms with E-state index < -0.39 is 0 Å². The lowest BCUT2D eigenvalue weighted by molar-refractivity contribution is 0.102. The molecule has 0 unspecified atom stereocenters. The highest BCUT2D eigenvalue weighted by Crippen LogP contribution is 2.32. The molecule has 7 heteroatoms. The molecule has 2 aromatic rings. The summed E-state index contributed by atoms with van der Waals surface area (Å²) in [7, 11) is 0. The van der Waals surface area contributed by atoms with Gasteiger partial charge in [0.1, 0.15) is 5.01 Å². The number of nitrogens with one attached hydrogen (secondary N) is 1. The van der Waals surface area contributed by atoms with Crippen LogP contribution in [0.3, 0.4) is 0 Å². The van der Waals surface area contributed by atoms with Gasteiger partial charge in [-0.05, 0) is 24.6 Å². The number of hydrogen-bond donors (Lipinski definition) is 1. The van der Waals surface area contributed by atoms with Gasteiger partial charge in [-0.15, -0.1) is 10.2 Å². The van der Waals surface area contributed by atoms with Crippen LogP contribution in [-0.2, 0) is 6.42 Å². The molecule has 0 atom stereocenters. The Labute approximate surface area is 170 Å². The van der Waals surface area contributed by atoms with Crippen molar-refractivity contribution in [2.75, 3.05) is 12.1 Å². The van der Waals surface area contributed by atoms with Gasteiger partial charge in [0.05, 0.1) is 0 Å². The molecule has 6 nitrogen and oxygen atoms in total. The summed E-state index contributed by atoms with van der Waals surface area (Å²) in [6.07, 6.45) is 12.7. The lowest BCUT2D eigenvalue weighted by Gasteiger charge is -2.02. The van der Waals surface area contributed by atoms with Gasteiger partial charge in [-0.2, -0.15) is 0 Å². The van der Waals surface area contributed by atoms with Gasteiger partial charge in [0, 0.05) is 12.0 Å². The molecule has 1 aromatic carbocycles. The van der Waals surface area contributed by atoms with Crippen molar-refractivity contribution in [2.24, 2.45) is 0 Å². The van der Waals surface area contributed by atoms with Gasteiger partial charge < -0.3 is 9.47 Å². The molecule has 0 aliphatic carbocycles. The Balaban J connectivity index is 1.34. The fourth-order valence-electron chi connectivity index (χ4n) is 3.20. The largest absolute Gasteiger partial charge is 0.454 e. The molecule has 0 fully saturated rings. The maximum atomic E-state index is 12.4. The molecule has 0 saturated heterocycles. The summed E-state index contributed by atoms with van der Waals surface area (Å²) in [6, 6.07) is 5.14. The second kappa shape index (κ2) is 11.0. The highest BCUT2D eigenvalue weighted by atomic mass is 32.1. The first kappa shape index (κ1) is 20.6. The molecule has 0 bridgehead atoms. The fourth-order valence-corrected chi connectivity index (χ4v) is 3.98. The maximum absolute atomic E-state index is 12.4. The zero-order valence-electron chi connectivity index (χ0n) is 16.5. The summed E-state index contributed by atoms with van der Waals surface area (Å²) >= 11 is 1.45. The van der Waals surface area contributed by atoms with E-state index in [1.54, 1.807) is 18.2 Å². The quantitative estimate of drug-likeness (QED) is 0.468. The van der Waals surface area contributed by atoms with E-state index in [0.29, 0.717) is 22.2 Å². The van der Waals surface area contributed by atoms with Crippen LogP contribution in [0.1, 0.15) is 80.1 Å². The van der Waals surface area contributed by atoms with Crippen LogP contribution in [0, 0.1) is 0 Å². The molecule has 0 radical (unpaired) electrons. The van der Waals surface area contributed by atoms with Gasteiger partial charge in [-0.3, -0.25) is 10.1 Å². The van der Waals surface area contributed by atoms with Gasteiger partial charge in [-0.1, -0.05) is 69.6 Å². The second-order valence-corrected chi connectivity index (χ2v) is 8.16. The minimum atomic E-state index is -0.218. The van der Waals surface area contributed by atoms with Gasteiger partial charge in [0.2, 0.25) is 11.9 Å². The monoisotopic (exact) mass is 403 g/mol.